The van der Waals surface area contributed by atoms with E-state index in [9.17, 15) is 18.8 Å². The maximum absolute atomic E-state index is 13.3. The van der Waals surface area contributed by atoms with Gasteiger partial charge in [-0.2, -0.15) is 5.10 Å². The summed E-state index contributed by atoms with van der Waals surface area (Å²) in [5, 5.41) is 4.49. The molecule has 0 bridgehead atoms. The van der Waals surface area contributed by atoms with Crippen LogP contribution >= 0.6 is 0 Å². The third kappa shape index (κ3) is 5.66. The van der Waals surface area contributed by atoms with Crippen molar-refractivity contribution >= 4 is 23.5 Å². The number of hydrogen-bond donors (Lipinski definition) is 1. The van der Waals surface area contributed by atoms with Gasteiger partial charge in [-0.05, 0) is 55.5 Å². The number of nitrogens with zero attached hydrogens (tertiary/aromatic N) is 3. The summed E-state index contributed by atoms with van der Waals surface area (Å²) in [6.45, 7) is 1.09. The molecule has 0 aliphatic rings. The van der Waals surface area contributed by atoms with E-state index in [-0.39, 0.29) is 24.2 Å². The fraction of sp³-hybridized carbons (Fsp3) is 0.154. The molecule has 0 saturated carbocycles. The van der Waals surface area contributed by atoms with Crippen LogP contribution in [0.3, 0.4) is 0 Å². The Hall–Kier alpha value is -4.73. The molecule has 9 nitrogen and oxygen atoms in total. The molecule has 2 aromatic carbocycles. The van der Waals surface area contributed by atoms with Crippen LogP contribution in [0.4, 0.5) is 10.1 Å². The number of benzene rings is 2. The molecule has 0 fully saturated rings. The molecule has 2 N–H and O–H groups in total. The Morgan fingerprint density at radius 3 is 2.42 bits per heavy atom. The third-order valence-electron chi connectivity index (χ3n) is 5.28. The second-order valence-corrected chi connectivity index (χ2v) is 7.90. The van der Waals surface area contributed by atoms with Gasteiger partial charge in [-0.1, -0.05) is 18.2 Å². The molecule has 2 heterocycles. The lowest BCUT2D eigenvalue weighted by atomic mass is 10.2. The summed E-state index contributed by atoms with van der Waals surface area (Å²) in [7, 11) is 0. The average Bonchev–Trinajstić information content (AvgIpc) is 3.50. The molecular formula is C26H23FN4O5. The zero-order chi connectivity index (χ0) is 25.7. The molecule has 2 amide bonds. The van der Waals surface area contributed by atoms with E-state index in [1.807, 2.05) is 30.3 Å². The van der Waals surface area contributed by atoms with Crippen molar-refractivity contribution < 1.29 is 27.9 Å². The molecule has 4 rings (SSSR count). The number of halogens is 1. The topological polar surface area (TPSA) is 121 Å². The molecule has 0 unspecified atom stereocenters. The molecule has 10 heteroatoms. The van der Waals surface area contributed by atoms with Gasteiger partial charge in [0.15, 0.2) is 12.4 Å². The van der Waals surface area contributed by atoms with E-state index < -0.39 is 30.2 Å². The van der Waals surface area contributed by atoms with E-state index in [1.54, 1.807) is 19.1 Å². The summed E-state index contributed by atoms with van der Waals surface area (Å²) >= 11 is 0. The fourth-order valence-electron chi connectivity index (χ4n) is 3.50. The van der Waals surface area contributed by atoms with E-state index in [1.165, 1.54) is 40.0 Å². The number of hydrogen-bond acceptors (Lipinski definition) is 6. The van der Waals surface area contributed by atoms with Crippen molar-refractivity contribution in [2.24, 2.45) is 5.73 Å². The Kier molecular flexibility index (Phi) is 7.24. The SMILES string of the molecule is Cc1ccc(-c2nn(-c3ccccc3)cc2C(=O)OCC(=O)N(CCC(N)=O)c2ccc(F)cc2)o1. The smallest absolute Gasteiger partial charge is 0.342 e. The standard InChI is InChI=1S/C26H23FN4O5/c1-17-7-12-22(36-17)25-21(15-31(29-25)20-5-3-2-4-6-20)26(34)35-16-24(33)30(14-13-23(28)32)19-10-8-18(27)9-11-19/h2-12,15H,13-14,16H2,1H3,(H2,28,32). The molecule has 0 radical (unpaired) electrons. The van der Waals surface area contributed by atoms with Crippen molar-refractivity contribution in [3.63, 3.8) is 0 Å². The van der Waals surface area contributed by atoms with E-state index in [0.29, 0.717) is 22.9 Å². The molecule has 4 aromatic rings. The number of primary amides is 1. The summed E-state index contributed by atoms with van der Waals surface area (Å²) < 4.78 is 25.9. The van der Waals surface area contributed by atoms with Crippen molar-refractivity contribution in [3.05, 3.63) is 90.1 Å². The second kappa shape index (κ2) is 10.7. The number of carbonyl (C=O) groups excluding carboxylic acids is 3. The van der Waals surface area contributed by atoms with Gasteiger partial charge in [-0.25, -0.2) is 13.9 Å². The van der Waals surface area contributed by atoms with Crippen LogP contribution in [0.25, 0.3) is 17.1 Å². The normalized spacial score (nSPS) is 10.7. The van der Waals surface area contributed by atoms with Crippen molar-refractivity contribution in [1.29, 1.82) is 0 Å². The van der Waals surface area contributed by atoms with Gasteiger partial charge in [0.2, 0.25) is 5.91 Å². The number of aromatic nitrogens is 2. The average molecular weight is 490 g/mol. The van der Waals surface area contributed by atoms with Crippen LogP contribution in [0, 0.1) is 12.7 Å². The van der Waals surface area contributed by atoms with Crippen LogP contribution in [0.5, 0.6) is 0 Å². The van der Waals surface area contributed by atoms with Gasteiger partial charge in [0.25, 0.3) is 5.91 Å². The maximum atomic E-state index is 13.3. The number of rotatable bonds is 9. The van der Waals surface area contributed by atoms with Crippen LogP contribution in [-0.2, 0) is 14.3 Å². The van der Waals surface area contributed by atoms with Crippen molar-refractivity contribution in [2.45, 2.75) is 13.3 Å². The van der Waals surface area contributed by atoms with Crippen LogP contribution in [-0.4, -0.2) is 40.7 Å². The van der Waals surface area contributed by atoms with Gasteiger partial charge in [-0.3, -0.25) is 9.59 Å². The van der Waals surface area contributed by atoms with Gasteiger partial charge in [0.1, 0.15) is 22.8 Å². The molecular weight excluding hydrogens is 467 g/mol. The van der Waals surface area contributed by atoms with Gasteiger partial charge in [-0.15, -0.1) is 0 Å². The predicted molar refractivity (Wildman–Crippen MR) is 129 cm³/mol. The first-order chi connectivity index (χ1) is 17.3. The molecule has 0 spiro atoms. The number of amides is 2. The lowest BCUT2D eigenvalue weighted by Crippen LogP contribution is -2.37. The van der Waals surface area contributed by atoms with Crippen LogP contribution in [0.15, 0.2) is 77.3 Å². The highest BCUT2D eigenvalue weighted by Gasteiger charge is 2.24. The highest BCUT2D eigenvalue weighted by molar-refractivity contribution is 5.99. The van der Waals surface area contributed by atoms with E-state index in [4.69, 9.17) is 14.9 Å². The summed E-state index contributed by atoms with van der Waals surface area (Å²) in [5.74, 6) is -1.49. The molecule has 0 saturated heterocycles. The van der Waals surface area contributed by atoms with Crippen molar-refractivity contribution in [3.8, 4) is 17.1 Å². The minimum Gasteiger partial charge on any atom is -0.460 e. The number of carbonyl (C=O) groups is 3. The zero-order valence-corrected chi connectivity index (χ0v) is 19.4. The summed E-state index contributed by atoms with van der Waals surface area (Å²) in [6, 6.07) is 17.7. The Balaban J connectivity index is 1.56. The van der Waals surface area contributed by atoms with Crippen molar-refractivity contribution in [1.82, 2.24) is 9.78 Å². The van der Waals surface area contributed by atoms with Gasteiger partial charge >= 0.3 is 5.97 Å². The third-order valence-corrected chi connectivity index (χ3v) is 5.28. The summed E-state index contributed by atoms with van der Waals surface area (Å²) in [6.07, 6.45) is 1.38. The van der Waals surface area contributed by atoms with Crippen LogP contribution in [0.1, 0.15) is 22.5 Å². The number of nitrogens with two attached hydrogens (primary N) is 1. The first-order valence-electron chi connectivity index (χ1n) is 11.0. The zero-order valence-electron chi connectivity index (χ0n) is 19.4. The predicted octanol–water partition coefficient (Wildman–Crippen LogP) is 3.65. The Bertz CT molecular complexity index is 1380. The van der Waals surface area contributed by atoms with Gasteiger partial charge in [0, 0.05) is 24.8 Å². The Morgan fingerprint density at radius 2 is 1.78 bits per heavy atom. The molecule has 0 aliphatic carbocycles. The number of furan rings is 1. The summed E-state index contributed by atoms with van der Waals surface area (Å²) in [5.41, 5.74) is 6.64. The first-order valence-corrected chi connectivity index (χ1v) is 11.0. The molecule has 0 aliphatic heterocycles. The molecule has 36 heavy (non-hydrogen) atoms. The number of ether oxygens (including phenoxy) is 1. The molecule has 184 valence electrons. The number of anilines is 1. The molecule has 0 atom stereocenters. The lowest BCUT2D eigenvalue weighted by molar-refractivity contribution is -0.121. The van der Waals surface area contributed by atoms with E-state index in [0.717, 1.165) is 0 Å². The summed E-state index contributed by atoms with van der Waals surface area (Å²) in [4.78, 5) is 38.5. The number of para-hydroxylation sites is 1. The van der Waals surface area contributed by atoms with Crippen LogP contribution in [0.2, 0.25) is 0 Å². The number of aryl methyl sites for hydroxylation is 1. The quantitative estimate of drug-likeness (QED) is 0.358. The highest BCUT2D eigenvalue weighted by Crippen LogP contribution is 2.26. The Labute approximate surface area is 205 Å². The minimum absolute atomic E-state index is 0.0553. The largest absolute Gasteiger partial charge is 0.460 e. The van der Waals surface area contributed by atoms with Crippen molar-refractivity contribution in [2.75, 3.05) is 18.1 Å². The molecule has 2 aromatic heterocycles. The number of esters is 1. The highest BCUT2D eigenvalue weighted by atomic mass is 19.1. The monoisotopic (exact) mass is 490 g/mol. The maximum Gasteiger partial charge on any atom is 0.342 e. The fourth-order valence-corrected chi connectivity index (χ4v) is 3.50. The van der Waals surface area contributed by atoms with E-state index >= 15 is 0 Å². The second-order valence-electron chi connectivity index (χ2n) is 7.90. The first kappa shape index (κ1) is 24.4. The van der Waals surface area contributed by atoms with Gasteiger partial charge < -0.3 is 19.8 Å². The lowest BCUT2D eigenvalue weighted by Gasteiger charge is -2.22. The minimum atomic E-state index is -0.788. The van der Waals surface area contributed by atoms with Gasteiger partial charge in [0.05, 0.1) is 5.69 Å². The van der Waals surface area contributed by atoms with Crippen LogP contribution < -0.4 is 10.6 Å². The Morgan fingerprint density at radius 1 is 1.06 bits per heavy atom. The van der Waals surface area contributed by atoms with E-state index in [2.05, 4.69) is 5.10 Å².